The van der Waals surface area contributed by atoms with Gasteiger partial charge >= 0.3 is 0 Å². The van der Waals surface area contributed by atoms with E-state index in [1.54, 1.807) is 13.2 Å². The Morgan fingerprint density at radius 1 is 1.32 bits per heavy atom. The molecule has 1 rings (SSSR count). The standard InChI is InChI=1S/C16H30N4O2/c1-6-21-10-8-7-9-18-15(17-5)20-12-14-19-11-13(22-14)16(2,3)4/h11H,6-10,12H2,1-5H3,(H2,17,18,20). The minimum absolute atomic E-state index is 0.0221. The van der Waals surface area contributed by atoms with Gasteiger partial charge in [-0.3, -0.25) is 4.99 Å². The van der Waals surface area contributed by atoms with Gasteiger partial charge in [0.05, 0.1) is 12.7 Å². The van der Waals surface area contributed by atoms with Gasteiger partial charge in [-0.2, -0.15) is 0 Å². The van der Waals surface area contributed by atoms with Crippen LogP contribution in [0, 0.1) is 0 Å². The minimum Gasteiger partial charge on any atom is -0.443 e. The van der Waals surface area contributed by atoms with Crippen LogP contribution in [-0.2, 0) is 16.7 Å². The molecule has 0 aromatic carbocycles. The van der Waals surface area contributed by atoms with Crippen LogP contribution >= 0.6 is 0 Å². The molecule has 0 fully saturated rings. The Bertz CT molecular complexity index is 449. The molecule has 0 unspecified atom stereocenters. The van der Waals surface area contributed by atoms with Gasteiger partial charge in [0, 0.05) is 32.2 Å². The van der Waals surface area contributed by atoms with Gasteiger partial charge in [0.2, 0.25) is 5.89 Å². The van der Waals surface area contributed by atoms with E-state index >= 15 is 0 Å². The van der Waals surface area contributed by atoms with Crippen LogP contribution in [0.1, 0.15) is 52.2 Å². The van der Waals surface area contributed by atoms with Crippen LogP contribution in [0.4, 0.5) is 0 Å². The van der Waals surface area contributed by atoms with Crippen molar-refractivity contribution >= 4 is 5.96 Å². The summed E-state index contributed by atoms with van der Waals surface area (Å²) in [5.74, 6) is 2.32. The molecule has 0 amide bonds. The average molecular weight is 310 g/mol. The molecular formula is C16H30N4O2. The maximum Gasteiger partial charge on any atom is 0.213 e. The van der Waals surface area contributed by atoms with E-state index in [0.29, 0.717) is 12.4 Å². The molecule has 1 heterocycles. The van der Waals surface area contributed by atoms with Gasteiger partial charge in [0.25, 0.3) is 0 Å². The van der Waals surface area contributed by atoms with Gasteiger partial charge in [-0.05, 0) is 19.8 Å². The second-order valence-corrected chi connectivity index (χ2v) is 6.12. The third-order valence-electron chi connectivity index (χ3n) is 3.14. The highest BCUT2D eigenvalue weighted by molar-refractivity contribution is 5.79. The Labute approximate surface area is 133 Å². The number of rotatable bonds is 8. The van der Waals surface area contributed by atoms with Crippen LogP contribution in [0.5, 0.6) is 0 Å². The molecule has 0 aliphatic carbocycles. The lowest BCUT2D eigenvalue weighted by molar-refractivity contribution is 0.143. The van der Waals surface area contributed by atoms with Crippen LogP contribution in [0.15, 0.2) is 15.6 Å². The van der Waals surface area contributed by atoms with Crippen molar-refractivity contribution in [2.45, 2.75) is 52.5 Å². The lowest BCUT2D eigenvalue weighted by atomic mass is 9.94. The number of hydrogen-bond acceptors (Lipinski definition) is 4. The van der Waals surface area contributed by atoms with Crippen molar-refractivity contribution in [3.8, 4) is 0 Å². The van der Waals surface area contributed by atoms with E-state index in [9.17, 15) is 0 Å². The first kappa shape index (κ1) is 18.5. The number of unbranched alkanes of at least 4 members (excludes halogenated alkanes) is 1. The molecule has 2 N–H and O–H groups in total. The fourth-order valence-electron chi connectivity index (χ4n) is 1.80. The molecule has 0 aliphatic rings. The molecule has 0 saturated carbocycles. The van der Waals surface area contributed by atoms with Crippen molar-refractivity contribution in [2.24, 2.45) is 4.99 Å². The molecule has 0 atom stereocenters. The zero-order valence-electron chi connectivity index (χ0n) is 14.5. The highest BCUT2D eigenvalue weighted by Crippen LogP contribution is 2.22. The summed E-state index contributed by atoms with van der Waals surface area (Å²) < 4.78 is 11.0. The molecular weight excluding hydrogens is 280 g/mol. The Morgan fingerprint density at radius 2 is 2.09 bits per heavy atom. The first-order valence-corrected chi connectivity index (χ1v) is 7.94. The summed E-state index contributed by atoms with van der Waals surface area (Å²) in [6, 6.07) is 0. The summed E-state index contributed by atoms with van der Waals surface area (Å²) in [4.78, 5) is 8.48. The monoisotopic (exact) mass is 310 g/mol. The molecule has 1 aromatic heterocycles. The molecule has 0 aliphatic heterocycles. The van der Waals surface area contributed by atoms with E-state index in [4.69, 9.17) is 9.15 Å². The normalized spacial score (nSPS) is 12.5. The molecule has 0 bridgehead atoms. The number of aromatic nitrogens is 1. The van der Waals surface area contributed by atoms with Gasteiger partial charge in [-0.1, -0.05) is 20.8 Å². The quantitative estimate of drug-likeness (QED) is 0.438. The molecule has 1 aromatic rings. The fraction of sp³-hybridized carbons (Fsp3) is 0.750. The first-order chi connectivity index (χ1) is 10.5. The van der Waals surface area contributed by atoms with Crippen molar-refractivity contribution in [1.29, 1.82) is 0 Å². The molecule has 0 radical (unpaired) electrons. The average Bonchev–Trinajstić information content (AvgIpc) is 2.95. The van der Waals surface area contributed by atoms with Crippen molar-refractivity contribution in [2.75, 3.05) is 26.8 Å². The van der Waals surface area contributed by atoms with E-state index < -0.39 is 0 Å². The van der Waals surface area contributed by atoms with E-state index in [-0.39, 0.29) is 5.41 Å². The molecule has 0 spiro atoms. The molecule has 0 saturated heterocycles. The lowest BCUT2D eigenvalue weighted by Gasteiger charge is -2.13. The largest absolute Gasteiger partial charge is 0.443 e. The lowest BCUT2D eigenvalue weighted by Crippen LogP contribution is -2.37. The summed E-state index contributed by atoms with van der Waals surface area (Å²) in [7, 11) is 1.76. The Morgan fingerprint density at radius 3 is 2.68 bits per heavy atom. The van der Waals surface area contributed by atoms with Crippen LogP contribution in [-0.4, -0.2) is 37.7 Å². The van der Waals surface area contributed by atoms with Gasteiger partial charge in [0.15, 0.2) is 5.96 Å². The van der Waals surface area contributed by atoms with Crippen LogP contribution in [0.25, 0.3) is 0 Å². The maximum absolute atomic E-state index is 5.74. The predicted octanol–water partition coefficient (Wildman–Crippen LogP) is 2.45. The number of nitrogens with one attached hydrogen (secondary N) is 2. The first-order valence-electron chi connectivity index (χ1n) is 7.94. The van der Waals surface area contributed by atoms with Crippen LogP contribution in [0.2, 0.25) is 0 Å². The topological polar surface area (TPSA) is 71.7 Å². The van der Waals surface area contributed by atoms with Gasteiger partial charge in [-0.25, -0.2) is 4.98 Å². The second-order valence-electron chi connectivity index (χ2n) is 6.12. The number of nitrogens with zero attached hydrogens (tertiary/aromatic N) is 2. The van der Waals surface area contributed by atoms with Crippen molar-refractivity contribution < 1.29 is 9.15 Å². The summed E-state index contributed by atoms with van der Waals surface area (Å²) >= 11 is 0. The van der Waals surface area contributed by atoms with Crippen LogP contribution < -0.4 is 10.6 Å². The zero-order valence-corrected chi connectivity index (χ0v) is 14.5. The molecule has 6 nitrogen and oxygen atoms in total. The summed E-state index contributed by atoms with van der Waals surface area (Å²) in [5, 5.41) is 6.47. The third kappa shape index (κ3) is 6.93. The number of oxazole rings is 1. The third-order valence-corrected chi connectivity index (χ3v) is 3.14. The highest BCUT2D eigenvalue weighted by Gasteiger charge is 2.19. The Kier molecular flexibility index (Phi) is 7.95. The second kappa shape index (κ2) is 9.46. The summed E-state index contributed by atoms with van der Waals surface area (Å²) in [6.07, 6.45) is 3.89. The minimum atomic E-state index is -0.0221. The number of aliphatic imine (C=N–C) groups is 1. The Hall–Kier alpha value is -1.56. The van der Waals surface area contributed by atoms with Crippen molar-refractivity contribution in [3.05, 3.63) is 17.8 Å². The number of guanidine groups is 1. The van der Waals surface area contributed by atoms with E-state index in [1.165, 1.54) is 0 Å². The highest BCUT2D eigenvalue weighted by atomic mass is 16.5. The summed E-state index contributed by atoms with van der Waals surface area (Å²) in [5.41, 5.74) is -0.0221. The molecule has 126 valence electrons. The molecule has 6 heteroatoms. The number of ether oxygens (including phenoxy) is 1. The smallest absolute Gasteiger partial charge is 0.213 e. The predicted molar refractivity (Wildman–Crippen MR) is 89.1 cm³/mol. The molecule has 22 heavy (non-hydrogen) atoms. The van der Waals surface area contributed by atoms with Crippen molar-refractivity contribution in [3.63, 3.8) is 0 Å². The van der Waals surface area contributed by atoms with E-state index in [0.717, 1.165) is 44.3 Å². The summed E-state index contributed by atoms with van der Waals surface area (Å²) in [6.45, 7) is 11.3. The van der Waals surface area contributed by atoms with Gasteiger partial charge in [-0.15, -0.1) is 0 Å². The zero-order chi connectivity index (χ0) is 16.4. The van der Waals surface area contributed by atoms with Gasteiger partial charge in [0.1, 0.15) is 5.76 Å². The maximum atomic E-state index is 5.74. The van der Waals surface area contributed by atoms with Crippen LogP contribution in [0.3, 0.4) is 0 Å². The van der Waals surface area contributed by atoms with E-state index in [1.807, 2.05) is 6.92 Å². The van der Waals surface area contributed by atoms with E-state index in [2.05, 4.69) is 41.4 Å². The fourth-order valence-corrected chi connectivity index (χ4v) is 1.80. The van der Waals surface area contributed by atoms with Crippen molar-refractivity contribution in [1.82, 2.24) is 15.6 Å². The SMILES string of the molecule is CCOCCCCNC(=NC)NCc1ncc(C(C)(C)C)o1. The van der Waals surface area contributed by atoms with Gasteiger partial charge < -0.3 is 19.8 Å². The number of hydrogen-bond donors (Lipinski definition) is 2. The Balaban J connectivity index is 2.28.